The van der Waals surface area contributed by atoms with E-state index in [1.807, 2.05) is 6.07 Å². The summed E-state index contributed by atoms with van der Waals surface area (Å²) < 4.78 is 5.26. The minimum absolute atomic E-state index is 0.147. The zero-order chi connectivity index (χ0) is 20.1. The summed E-state index contributed by atoms with van der Waals surface area (Å²) in [6.07, 6.45) is 2.82. The minimum Gasteiger partial charge on any atom is -0.495 e. The van der Waals surface area contributed by atoms with Crippen molar-refractivity contribution in [3.05, 3.63) is 35.6 Å². The molecule has 2 atom stereocenters. The van der Waals surface area contributed by atoms with Gasteiger partial charge in [-0.1, -0.05) is 37.2 Å². The van der Waals surface area contributed by atoms with Gasteiger partial charge in [0.2, 0.25) is 5.91 Å². The van der Waals surface area contributed by atoms with Crippen LogP contribution in [0.2, 0.25) is 5.02 Å². The van der Waals surface area contributed by atoms with Crippen molar-refractivity contribution in [2.45, 2.75) is 25.3 Å². The van der Waals surface area contributed by atoms with Crippen molar-refractivity contribution >= 4 is 40.8 Å². The third-order valence-corrected chi connectivity index (χ3v) is 5.77. The highest BCUT2D eigenvalue weighted by molar-refractivity contribution is 7.99. The number of benzene rings is 1. The topological polar surface area (TPSA) is 67.3 Å². The van der Waals surface area contributed by atoms with Gasteiger partial charge in [-0.3, -0.25) is 4.79 Å². The second-order valence-corrected chi connectivity index (χ2v) is 8.68. The number of hydrogen-bond acceptors (Lipinski definition) is 6. The summed E-state index contributed by atoms with van der Waals surface area (Å²) in [5, 5.41) is 4.16. The van der Waals surface area contributed by atoms with Crippen LogP contribution < -0.4 is 15.0 Å². The highest BCUT2D eigenvalue weighted by atomic mass is 35.5. The average Bonchev–Trinajstić information content (AvgIpc) is 2.66. The first-order valence-electron chi connectivity index (χ1n) is 9.27. The van der Waals surface area contributed by atoms with Crippen LogP contribution in [0.3, 0.4) is 0 Å². The van der Waals surface area contributed by atoms with Crippen LogP contribution >= 0.6 is 23.4 Å². The van der Waals surface area contributed by atoms with Gasteiger partial charge in [-0.15, -0.1) is 0 Å². The van der Waals surface area contributed by atoms with Crippen molar-refractivity contribution in [1.82, 2.24) is 9.97 Å². The number of carbonyl (C=O) groups excluding carboxylic acids is 1. The number of carbonyl (C=O) groups is 1. The lowest BCUT2D eigenvalue weighted by Crippen LogP contribution is -2.39. The molecule has 1 aliphatic heterocycles. The molecule has 1 fully saturated rings. The summed E-state index contributed by atoms with van der Waals surface area (Å²) in [4.78, 5) is 23.4. The minimum atomic E-state index is -0.147. The van der Waals surface area contributed by atoms with Gasteiger partial charge >= 0.3 is 0 Å². The van der Waals surface area contributed by atoms with Gasteiger partial charge < -0.3 is 15.0 Å². The zero-order valence-electron chi connectivity index (χ0n) is 16.3. The van der Waals surface area contributed by atoms with E-state index in [9.17, 15) is 4.79 Å². The molecule has 1 aromatic heterocycles. The van der Waals surface area contributed by atoms with Gasteiger partial charge in [0, 0.05) is 24.2 Å². The number of piperidine rings is 1. The van der Waals surface area contributed by atoms with Crippen molar-refractivity contribution in [2.75, 3.05) is 36.2 Å². The van der Waals surface area contributed by atoms with E-state index in [1.165, 1.54) is 18.2 Å². The average molecular weight is 421 g/mol. The lowest BCUT2D eigenvalue weighted by atomic mass is 9.92. The van der Waals surface area contributed by atoms with Crippen LogP contribution in [0, 0.1) is 11.8 Å². The fourth-order valence-corrected chi connectivity index (χ4v) is 4.37. The van der Waals surface area contributed by atoms with Crippen LogP contribution in [0.5, 0.6) is 5.75 Å². The Hall–Kier alpha value is -1.99. The largest absolute Gasteiger partial charge is 0.495 e. The predicted octanol–water partition coefficient (Wildman–Crippen LogP) is 4.35. The molecule has 1 saturated heterocycles. The first-order chi connectivity index (χ1) is 13.4. The smallest absolute Gasteiger partial charge is 0.234 e. The molecule has 2 heterocycles. The zero-order valence-corrected chi connectivity index (χ0v) is 17.9. The molecule has 6 nitrogen and oxygen atoms in total. The molecular weight excluding hydrogens is 396 g/mol. The van der Waals surface area contributed by atoms with E-state index in [-0.39, 0.29) is 11.7 Å². The monoisotopic (exact) mass is 420 g/mol. The Morgan fingerprint density at radius 3 is 2.75 bits per heavy atom. The summed E-state index contributed by atoms with van der Waals surface area (Å²) in [7, 11) is 1.55. The summed E-state index contributed by atoms with van der Waals surface area (Å²) in [6, 6.07) is 7.07. The Morgan fingerprint density at radius 1 is 1.29 bits per heavy atom. The van der Waals surface area contributed by atoms with E-state index >= 15 is 0 Å². The molecule has 0 saturated carbocycles. The molecule has 0 radical (unpaired) electrons. The van der Waals surface area contributed by atoms with Gasteiger partial charge in [0.25, 0.3) is 0 Å². The van der Waals surface area contributed by atoms with Gasteiger partial charge in [-0.05, 0) is 36.5 Å². The summed E-state index contributed by atoms with van der Waals surface area (Å²) >= 11 is 7.39. The SMILES string of the molecule is COc1ccc(Cl)cc1NC(=O)CSc1cc(N2C[C@H](C)C[C@H](C)C2)ncn1. The molecule has 0 aliphatic carbocycles. The molecule has 0 unspecified atom stereocenters. The molecule has 2 aromatic rings. The normalized spacial score (nSPS) is 19.4. The van der Waals surface area contributed by atoms with Crippen LogP contribution in [-0.2, 0) is 4.79 Å². The maximum atomic E-state index is 12.4. The first kappa shape index (κ1) is 20.7. The number of hydrogen-bond donors (Lipinski definition) is 1. The molecule has 1 aliphatic rings. The highest BCUT2D eigenvalue weighted by Gasteiger charge is 2.23. The number of thioether (sulfide) groups is 1. The van der Waals surface area contributed by atoms with Gasteiger partial charge in [0.1, 0.15) is 22.9 Å². The molecule has 0 bridgehead atoms. The molecule has 3 rings (SSSR count). The van der Waals surface area contributed by atoms with Crippen LogP contribution in [0.4, 0.5) is 11.5 Å². The van der Waals surface area contributed by atoms with E-state index in [0.717, 1.165) is 23.9 Å². The number of rotatable bonds is 6. The maximum Gasteiger partial charge on any atom is 0.234 e. The molecule has 1 N–H and O–H groups in total. The molecule has 150 valence electrons. The van der Waals surface area contributed by atoms with E-state index in [1.54, 1.807) is 31.6 Å². The number of halogens is 1. The molecule has 1 aromatic carbocycles. The van der Waals surface area contributed by atoms with Gasteiger partial charge in [0.05, 0.1) is 18.6 Å². The van der Waals surface area contributed by atoms with Gasteiger partial charge in [-0.25, -0.2) is 9.97 Å². The highest BCUT2D eigenvalue weighted by Crippen LogP contribution is 2.29. The quantitative estimate of drug-likeness (QED) is 0.553. The summed E-state index contributed by atoms with van der Waals surface area (Å²) in [5.41, 5.74) is 0.556. The lowest BCUT2D eigenvalue weighted by Gasteiger charge is -2.35. The van der Waals surface area contributed by atoms with Crippen molar-refractivity contribution in [1.29, 1.82) is 0 Å². The van der Waals surface area contributed by atoms with Crippen LogP contribution in [0.15, 0.2) is 35.6 Å². The third kappa shape index (κ3) is 5.52. The maximum absolute atomic E-state index is 12.4. The molecule has 28 heavy (non-hydrogen) atoms. The fraction of sp³-hybridized carbons (Fsp3) is 0.450. The van der Waals surface area contributed by atoms with Gasteiger partial charge in [-0.2, -0.15) is 0 Å². The first-order valence-corrected chi connectivity index (χ1v) is 10.6. The van der Waals surface area contributed by atoms with Crippen molar-refractivity contribution in [3.8, 4) is 5.75 Å². The van der Waals surface area contributed by atoms with Crippen molar-refractivity contribution < 1.29 is 9.53 Å². The van der Waals surface area contributed by atoms with E-state index < -0.39 is 0 Å². The van der Waals surface area contributed by atoms with Crippen LogP contribution in [0.25, 0.3) is 0 Å². The number of nitrogens with one attached hydrogen (secondary N) is 1. The lowest BCUT2D eigenvalue weighted by molar-refractivity contribution is -0.113. The van der Waals surface area contributed by atoms with Crippen LogP contribution in [-0.4, -0.2) is 41.8 Å². The molecule has 8 heteroatoms. The summed E-state index contributed by atoms with van der Waals surface area (Å²) in [6.45, 7) is 6.54. The number of ether oxygens (including phenoxy) is 1. The predicted molar refractivity (Wildman–Crippen MR) is 115 cm³/mol. The number of aromatic nitrogens is 2. The number of nitrogens with zero attached hydrogens (tertiary/aromatic N) is 3. The molecular formula is C20H25ClN4O2S. The fourth-order valence-electron chi connectivity index (χ4n) is 3.54. The van der Waals surface area contributed by atoms with Gasteiger partial charge in [0.15, 0.2) is 0 Å². The second-order valence-electron chi connectivity index (χ2n) is 7.25. The third-order valence-electron chi connectivity index (χ3n) is 4.61. The number of methoxy groups -OCH3 is 1. The van der Waals surface area contributed by atoms with Crippen molar-refractivity contribution in [2.24, 2.45) is 11.8 Å². The number of anilines is 2. The van der Waals surface area contributed by atoms with Crippen LogP contribution in [0.1, 0.15) is 20.3 Å². The molecule has 1 amide bonds. The van der Waals surface area contributed by atoms with Crippen molar-refractivity contribution in [3.63, 3.8) is 0 Å². The Morgan fingerprint density at radius 2 is 2.04 bits per heavy atom. The Kier molecular flexibility index (Phi) is 7.02. The Balaban J connectivity index is 1.60. The van der Waals surface area contributed by atoms with E-state index in [4.69, 9.17) is 16.3 Å². The summed E-state index contributed by atoms with van der Waals surface area (Å²) in [5.74, 6) is 2.87. The van der Waals surface area contributed by atoms with E-state index in [2.05, 4.69) is 34.0 Å². The number of amides is 1. The molecule has 0 spiro atoms. The Bertz CT molecular complexity index is 826. The van der Waals surface area contributed by atoms with E-state index in [0.29, 0.717) is 28.3 Å². The Labute approximate surface area is 175 Å². The standard InChI is InChI=1S/C20H25ClN4O2S/c1-13-6-14(2)10-25(9-13)18-8-20(23-12-22-18)28-11-19(26)24-16-7-15(21)4-5-17(16)27-3/h4-5,7-8,12-14H,6,9-11H2,1-3H3,(H,24,26)/t13-,14+. The second kappa shape index (κ2) is 9.47.